The van der Waals surface area contributed by atoms with E-state index in [4.69, 9.17) is 0 Å². The lowest BCUT2D eigenvalue weighted by Crippen LogP contribution is -2.08. The summed E-state index contributed by atoms with van der Waals surface area (Å²) in [5, 5.41) is 3.44. The molecule has 1 aromatic carbocycles. The number of rotatable bonds is 6. The lowest BCUT2D eigenvalue weighted by Gasteiger charge is -2.15. The van der Waals surface area contributed by atoms with Crippen LogP contribution in [0.3, 0.4) is 0 Å². The molecule has 112 valence electrons. The van der Waals surface area contributed by atoms with E-state index in [-0.39, 0.29) is 0 Å². The van der Waals surface area contributed by atoms with Crippen molar-refractivity contribution < 1.29 is 0 Å². The van der Waals surface area contributed by atoms with Gasteiger partial charge in [0.1, 0.15) is 12.1 Å². The Morgan fingerprint density at radius 3 is 2.57 bits per heavy atom. The molecular formula is C18H25N3. The van der Waals surface area contributed by atoms with Gasteiger partial charge in [0.05, 0.1) is 5.69 Å². The van der Waals surface area contributed by atoms with Gasteiger partial charge in [-0.15, -0.1) is 0 Å². The molecule has 3 nitrogen and oxygen atoms in total. The Balaban J connectivity index is 2.53. The smallest absolute Gasteiger partial charge is 0.133 e. The van der Waals surface area contributed by atoms with Crippen LogP contribution in [0.15, 0.2) is 24.5 Å². The van der Waals surface area contributed by atoms with Gasteiger partial charge < -0.3 is 5.32 Å². The molecule has 0 radical (unpaired) electrons. The second kappa shape index (κ2) is 7.21. The monoisotopic (exact) mass is 283 g/mol. The maximum atomic E-state index is 4.59. The van der Waals surface area contributed by atoms with Crippen LogP contribution in [0.4, 0.5) is 5.82 Å². The summed E-state index contributed by atoms with van der Waals surface area (Å²) in [6.45, 7) is 9.58. The molecule has 0 unspecified atom stereocenters. The normalized spacial score (nSPS) is 10.7. The molecule has 0 aliphatic heterocycles. The van der Waals surface area contributed by atoms with Gasteiger partial charge in [0.2, 0.25) is 0 Å². The predicted octanol–water partition coefficient (Wildman–Crippen LogP) is 4.53. The molecular weight excluding hydrogens is 258 g/mol. The number of nitrogens with zero attached hydrogens (tertiary/aromatic N) is 2. The Morgan fingerprint density at radius 1 is 1.05 bits per heavy atom. The largest absolute Gasteiger partial charge is 0.370 e. The molecule has 0 amide bonds. The van der Waals surface area contributed by atoms with Gasteiger partial charge in [0.15, 0.2) is 0 Å². The minimum Gasteiger partial charge on any atom is -0.370 e. The minimum absolute atomic E-state index is 0.944. The Morgan fingerprint density at radius 2 is 1.86 bits per heavy atom. The molecule has 0 atom stereocenters. The van der Waals surface area contributed by atoms with Crippen LogP contribution in [0, 0.1) is 13.8 Å². The molecule has 0 aliphatic rings. The number of hydrogen-bond acceptors (Lipinski definition) is 3. The third-order valence-electron chi connectivity index (χ3n) is 3.64. The van der Waals surface area contributed by atoms with Gasteiger partial charge >= 0.3 is 0 Å². The number of benzene rings is 1. The topological polar surface area (TPSA) is 37.8 Å². The van der Waals surface area contributed by atoms with Crippen molar-refractivity contribution >= 4 is 5.82 Å². The molecule has 0 spiro atoms. The molecule has 0 saturated carbocycles. The average molecular weight is 283 g/mol. The number of aryl methyl sites for hydroxylation is 2. The third kappa shape index (κ3) is 3.60. The van der Waals surface area contributed by atoms with Crippen LogP contribution in [0.1, 0.15) is 43.4 Å². The van der Waals surface area contributed by atoms with E-state index in [1.54, 1.807) is 6.33 Å². The van der Waals surface area contributed by atoms with E-state index in [0.29, 0.717) is 0 Å². The van der Waals surface area contributed by atoms with Gasteiger partial charge in [-0.25, -0.2) is 9.97 Å². The number of anilines is 1. The van der Waals surface area contributed by atoms with E-state index in [1.165, 1.54) is 22.3 Å². The first-order chi connectivity index (χ1) is 10.2. The van der Waals surface area contributed by atoms with Crippen LogP contribution in [0.5, 0.6) is 0 Å². The van der Waals surface area contributed by atoms with E-state index >= 15 is 0 Å². The van der Waals surface area contributed by atoms with Crippen molar-refractivity contribution in [1.82, 2.24) is 9.97 Å². The zero-order valence-electron chi connectivity index (χ0n) is 13.5. The molecule has 3 heteroatoms. The number of hydrogen-bond donors (Lipinski definition) is 1. The first-order valence-electron chi connectivity index (χ1n) is 7.82. The van der Waals surface area contributed by atoms with Crippen LogP contribution >= 0.6 is 0 Å². The Kier molecular flexibility index (Phi) is 5.32. The molecule has 1 aromatic heterocycles. The van der Waals surface area contributed by atoms with E-state index < -0.39 is 0 Å². The lowest BCUT2D eigenvalue weighted by molar-refractivity contribution is 0.892. The van der Waals surface area contributed by atoms with Crippen molar-refractivity contribution in [2.75, 3.05) is 11.9 Å². The number of aromatic nitrogens is 2. The molecule has 0 saturated heterocycles. The van der Waals surface area contributed by atoms with Crippen molar-refractivity contribution in [2.24, 2.45) is 0 Å². The lowest BCUT2D eigenvalue weighted by atomic mass is 9.97. The summed E-state index contributed by atoms with van der Waals surface area (Å²) in [5.74, 6) is 0.990. The van der Waals surface area contributed by atoms with Gasteiger partial charge in [0.25, 0.3) is 0 Å². The summed E-state index contributed by atoms with van der Waals surface area (Å²) < 4.78 is 0. The minimum atomic E-state index is 0.944. The highest BCUT2D eigenvalue weighted by Crippen LogP contribution is 2.30. The standard InChI is InChI=1S/C18H25N3/c1-5-7-15-17(16-11-13(3)8-9-14(16)4)20-12-21-18(15)19-10-6-2/h8-9,11-12H,5-7,10H2,1-4H3,(H,19,20,21). The highest BCUT2D eigenvalue weighted by atomic mass is 15.0. The fourth-order valence-electron chi connectivity index (χ4n) is 2.52. The van der Waals surface area contributed by atoms with Crippen LogP contribution < -0.4 is 5.32 Å². The van der Waals surface area contributed by atoms with Crippen molar-refractivity contribution in [1.29, 1.82) is 0 Å². The van der Waals surface area contributed by atoms with Crippen molar-refractivity contribution in [3.8, 4) is 11.3 Å². The van der Waals surface area contributed by atoms with Crippen LogP contribution in [-0.2, 0) is 6.42 Å². The fraction of sp³-hybridized carbons (Fsp3) is 0.444. The average Bonchev–Trinajstić information content (AvgIpc) is 2.49. The Bertz CT molecular complexity index is 605. The van der Waals surface area contributed by atoms with Gasteiger partial charge in [0, 0.05) is 17.7 Å². The predicted molar refractivity (Wildman–Crippen MR) is 89.7 cm³/mol. The van der Waals surface area contributed by atoms with Crippen LogP contribution in [-0.4, -0.2) is 16.5 Å². The molecule has 1 heterocycles. The maximum absolute atomic E-state index is 4.59. The van der Waals surface area contributed by atoms with Crippen LogP contribution in [0.25, 0.3) is 11.3 Å². The molecule has 0 fully saturated rings. The molecule has 1 N–H and O–H groups in total. The SMILES string of the molecule is CCCNc1ncnc(-c2cc(C)ccc2C)c1CCC. The van der Waals surface area contributed by atoms with Crippen molar-refractivity contribution in [2.45, 2.75) is 47.0 Å². The first-order valence-corrected chi connectivity index (χ1v) is 7.82. The summed E-state index contributed by atoms with van der Waals surface area (Å²) in [7, 11) is 0. The van der Waals surface area contributed by atoms with Crippen LogP contribution in [0.2, 0.25) is 0 Å². The zero-order chi connectivity index (χ0) is 15.2. The first kappa shape index (κ1) is 15.5. The third-order valence-corrected chi connectivity index (χ3v) is 3.64. The van der Waals surface area contributed by atoms with E-state index in [0.717, 1.165) is 37.3 Å². The second-order valence-corrected chi connectivity index (χ2v) is 5.54. The van der Waals surface area contributed by atoms with E-state index in [9.17, 15) is 0 Å². The summed E-state index contributed by atoms with van der Waals surface area (Å²) >= 11 is 0. The molecule has 0 bridgehead atoms. The van der Waals surface area contributed by atoms with Gasteiger partial charge in [-0.1, -0.05) is 38.0 Å². The van der Waals surface area contributed by atoms with Gasteiger partial charge in [-0.3, -0.25) is 0 Å². The van der Waals surface area contributed by atoms with Crippen molar-refractivity contribution in [3.05, 3.63) is 41.2 Å². The van der Waals surface area contributed by atoms with Gasteiger partial charge in [-0.2, -0.15) is 0 Å². The van der Waals surface area contributed by atoms with E-state index in [2.05, 4.69) is 61.2 Å². The molecule has 2 aromatic rings. The quantitative estimate of drug-likeness (QED) is 0.846. The molecule has 21 heavy (non-hydrogen) atoms. The van der Waals surface area contributed by atoms with E-state index in [1.807, 2.05) is 0 Å². The fourth-order valence-corrected chi connectivity index (χ4v) is 2.52. The summed E-state index contributed by atoms with van der Waals surface area (Å²) in [6.07, 6.45) is 4.85. The Hall–Kier alpha value is -1.90. The summed E-state index contributed by atoms with van der Waals surface area (Å²) in [5.41, 5.74) is 6.06. The summed E-state index contributed by atoms with van der Waals surface area (Å²) in [4.78, 5) is 9.04. The zero-order valence-corrected chi connectivity index (χ0v) is 13.5. The molecule has 2 rings (SSSR count). The second-order valence-electron chi connectivity index (χ2n) is 5.54. The van der Waals surface area contributed by atoms with Gasteiger partial charge in [-0.05, 0) is 38.3 Å². The highest BCUT2D eigenvalue weighted by Gasteiger charge is 2.14. The molecule has 0 aliphatic carbocycles. The Labute approximate surface area is 127 Å². The highest BCUT2D eigenvalue weighted by molar-refractivity contribution is 5.71. The summed E-state index contributed by atoms with van der Waals surface area (Å²) in [6, 6.07) is 6.54. The maximum Gasteiger partial charge on any atom is 0.133 e. The number of nitrogens with one attached hydrogen (secondary N) is 1. The van der Waals surface area contributed by atoms with Crippen molar-refractivity contribution in [3.63, 3.8) is 0 Å².